The summed E-state index contributed by atoms with van der Waals surface area (Å²) >= 11 is 0. The Kier molecular flexibility index (Phi) is 5.84. The van der Waals surface area contributed by atoms with Crippen LogP contribution in [0.2, 0.25) is 0 Å². The van der Waals surface area contributed by atoms with E-state index in [1.807, 2.05) is 6.92 Å². The van der Waals surface area contributed by atoms with Crippen molar-refractivity contribution in [1.29, 1.82) is 0 Å². The number of aryl methyl sites for hydroxylation is 1. The molecule has 0 fully saturated rings. The Morgan fingerprint density at radius 1 is 1.20 bits per heavy atom. The number of rotatable bonds is 3. The fraction of sp³-hybridized carbons (Fsp3) is 0.348. The van der Waals surface area contributed by atoms with E-state index in [-0.39, 0.29) is 0 Å². The second-order valence-corrected chi connectivity index (χ2v) is 6.94. The van der Waals surface area contributed by atoms with E-state index in [4.69, 9.17) is 4.99 Å². The molecule has 0 aromatic heterocycles. The SMILES string of the molecule is C=C1CN(C(C)=Nc2cc(C(=C)C)ccc2C)C=C(C)C(CC)=C1C. The first-order valence-electron chi connectivity index (χ1n) is 8.89. The van der Waals surface area contributed by atoms with Gasteiger partial charge in [-0.2, -0.15) is 0 Å². The van der Waals surface area contributed by atoms with E-state index >= 15 is 0 Å². The molecule has 0 aliphatic carbocycles. The normalized spacial score (nSPS) is 16.1. The average molecular weight is 335 g/mol. The molecule has 0 saturated heterocycles. The highest BCUT2D eigenvalue weighted by atomic mass is 15.2. The summed E-state index contributed by atoms with van der Waals surface area (Å²) in [5.41, 5.74) is 9.51. The number of hydrogen-bond acceptors (Lipinski definition) is 1. The van der Waals surface area contributed by atoms with Crippen LogP contribution >= 0.6 is 0 Å². The van der Waals surface area contributed by atoms with Crippen molar-refractivity contribution < 1.29 is 0 Å². The van der Waals surface area contributed by atoms with E-state index in [1.54, 1.807) is 0 Å². The number of amidine groups is 1. The van der Waals surface area contributed by atoms with Gasteiger partial charge in [-0.25, -0.2) is 4.99 Å². The number of allylic oxidation sites excluding steroid dienone is 3. The number of hydrogen-bond donors (Lipinski definition) is 0. The maximum Gasteiger partial charge on any atom is 0.106 e. The molecule has 0 N–H and O–H groups in total. The first-order valence-corrected chi connectivity index (χ1v) is 8.89. The molecule has 1 aromatic carbocycles. The van der Waals surface area contributed by atoms with Crippen LogP contribution in [-0.4, -0.2) is 17.3 Å². The van der Waals surface area contributed by atoms with Gasteiger partial charge in [-0.1, -0.05) is 37.8 Å². The fourth-order valence-corrected chi connectivity index (χ4v) is 3.18. The fourth-order valence-electron chi connectivity index (χ4n) is 3.18. The summed E-state index contributed by atoms with van der Waals surface area (Å²) in [7, 11) is 0. The van der Waals surface area contributed by atoms with Crippen molar-refractivity contribution in [2.75, 3.05) is 6.54 Å². The molecular formula is C23H30N2. The van der Waals surface area contributed by atoms with Gasteiger partial charge < -0.3 is 4.90 Å². The van der Waals surface area contributed by atoms with Crippen LogP contribution in [0.5, 0.6) is 0 Å². The van der Waals surface area contributed by atoms with E-state index in [0.29, 0.717) is 0 Å². The minimum Gasteiger partial charge on any atom is -0.332 e. The molecule has 1 heterocycles. The summed E-state index contributed by atoms with van der Waals surface area (Å²) in [4.78, 5) is 7.11. The smallest absolute Gasteiger partial charge is 0.106 e. The van der Waals surface area contributed by atoms with Crippen LogP contribution in [0.3, 0.4) is 0 Å². The third-order valence-electron chi connectivity index (χ3n) is 4.92. The summed E-state index contributed by atoms with van der Waals surface area (Å²) < 4.78 is 0. The van der Waals surface area contributed by atoms with E-state index in [0.717, 1.165) is 41.2 Å². The quantitative estimate of drug-likeness (QED) is 0.450. The Morgan fingerprint density at radius 3 is 2.48 bits per heavy atom. The standard InChI is InChI=1S/C23H30N2/c1-9-22-18(6)14-25(13-17(5)19(22)7)20(8)24-23-12-21(15(2)3)11-10-16(23)4/h10-12,14H,2,5,9,13H2,1,3-4,6-8H3. The third-order valence-corrected chi connectivity index (χ3v) is 4.92. The lowest BCUT2D eigenvalue weighted by Crippen LogP contribution is -2.25. The van der Waals surface area contributed by atoms with Gasteiger partial charge in [0.2, 0.25) is 0 Å². The lowest BCUT2D eigenvalue weighted by atomic mass is 9.97. The van der Waals surface area contributed by atoms with Crippen LogP contribution in [0.25, 0.3) is 5.57 Å². The van der Waals surface area contributed by atoms with Crippen LogP contribution < -0.4 is 0 Å². The van der Waals surface area contributed by atoms with Gasteiger partial charge in [-0.3, -0.25) is 0 Å². The molecule has 2 heteroatoms. The van der Waals surface area contributed by atoms with Gasteiger partial charge in [-0.15, -0.1) is 0 Å². The molecule has 132 valence electrons. The summed E-state index contributed by atoms with van der Waals surface area (Å²) in [6, 6.07) is 6.33. The van der Waals surface area contributed by atoms with E-state index < -0.39 is 0 Å². The van der Waals surface area contributed by atoms with Crippen molar-refractivity contribution >= 4 is 17.1 Å². The predicted molar refractivity (Wildman–Crippen MR) is 111 cm³/mol. The van der Waals surface area contributed by atoms with E-state index in [2.05, 4.69) is 77.1 Å². The highest BCUT2D eigenvalue weighted by Crippen LogP contribution is 2.28. The Bertz CT molecular complexity index is 803. The van der Waals surface area contributed by atoms with Crippen LogP contribution in [0.15, 0.2) is 64.8 Å². The molecule has 1 aliphatic rings. The second kappa shape index (κ2) is 7.69. The Morgan fingerprint density at radius 2 is 1.88 bits per heavy atom. The molecule has 0 spiro atoms. The molecular weight excluding hydrogens is 304 g/mol. The Hall–Kier alpha value is -2.35. The van der Waals surface area contributed by atoms with Crippen molar-refractivity contribution in [2.24, 2.45) is 4.99 Å². The van der Waals surface area contributed by atoms with Crippen molar-refractivity contribution in [3.63, 3.8) is 0 Å². The van der Waals surface area contributed by atoms with Gasteiger partial charge in [0, 0.05) is 12.7 Å². The van der Waals surface area contributed by atoms with Crippen molar-refractivity contribution in [3.05, 3.63) is 71.0 Å². The first kappa shape index (κ1) is 19.0. The van der Waals surface area contributed by atoms with Gasteiger partial charge >= 0.3 is 0 Å². The highest BCUT2D eigenvalue weighted by molar-refractivity contribution is 5.85. The van der Waals surface area contributed by atoms with Crippen LogP contribution in [0, 0.1) is 6.92 Å². The molecule has 0 atom stereocenters. The molecule has 0 saturated carbocycles. The Balaban J connectivity index is 2.41. The lowest BCUT2D eigenvalue weighted by molar-refractivity contribution is 0.604. The maximum atomic E-state index is 4.91. The van der Waals surface area contributed by atoms with Crippen molar-refractivity contribution in [3.8, 4) is 0 Å². The monoisotopic (exact) mass is 334 g/mol. The number of nitrogens with zero attached hydrogens (tertiary/aromatic N) is 2. The van der Waals surface area contributed by atoms with Gasteiger partial charge in [0.1, 0.15) is 5.84 Å². The molecule has 2 nitrogen and oxygen atoms in total. The minimum absolute atomic E-state index is 0.779. The first-order chi connectivity index (χ1) is 11.7. The molecule has 0 radical (unpaired) electrons. The lowest BCUT2D eigenvalue weighted by Gasteiger charge is -2.21. The van der Waals surface area contributed by atoms with Gasteiger partial charge in [0.15, 0.2) is 0 Å². The molecule has 2 rings (SSSR count). The van der Waals surface area contributed by atoms with E-state index in [9.17, 15) is 0 Å². The van der Waals surface area contributed by atoms with E-state index in [1.165, 1.54) is 22.3 Å². The average Bonchev–Trinajstić information content (AvgIpc) is 2.66. The third kappa shape index (κ3) is 4.19. The highest BCUT2D eigenvalue weighted by Gasteiger charge is 2.16. The Labute approximate surface area is 153 Å². The van der Waals surface area contributed by atoms with Gasteiger partial charge in [0.05, 0.1) is 5.69 Å². The molecule has 25 heavy (non-hydrogen) atoms. The number of benzene rings is 1. The zero-order valence-electron chi connectivity index (χ0n) is 16.5. The summed E-state index contributed by atoms with van der Waals surface area (Å²) in [5, 5.41) is 0. The zero-order valence-corrected chi connectivity index (χ0v) is 16.5. The summed E-state index contributed by atoms with van der Waals surface area (Å²) in [6.07, 6.45) is 3.23. The molecule has 0 bridgehead atoms. The van der Waals surface area contributed by atoms with Crippen molar-refractivity contribution in [2.45, 2.75) is 48.0 Å². The summed E-state index contributed by atoms with van der Waals surface area (Å²) in [5.74, 6) is 0.979. The van der Waals surface area contributed by atoms with Gasteiger partial charge in [0.25, 0.3) is 0 Å². The topological polar surface area (TPSA) is 15.6 Å². The van der Waals surface area contributed by atoms with Crippen LogP contribution in [-0.2, 0) is 0 Å². The van der Waals surface area contributed by atoms with Gasteiger partial charge in [-0.05, 0) is 80.5 Å². The zero-order chi connectivity index (χ0) is 18.7. The second-order valence-electron chi connectivity index (χ2n) is 6.94. The van der Waals surface area contributed by atoms with Crippen molar-refractivity contribution in [1.82, 2.24) is 4.90 Å². The largest absolute Gasteiger partial charge is 0.332 e. The molecule has 0 amide bonds. The molecule has 1 aromatic rings. The molecule has 0 unspecified atom stereocenters. The van der Waals surface area contributed by atoms with Crippen LogP contribution in [0.4, 0.5) is 5.69 Å². The van der Waals surface area contributed by atoms with Crippen LogP contribution in [0.1, 0.15) is 52.2 Å². The molecule has 1 aliphatic heterocycles. The minimum atomic E-state index is 0.779. The number of aliphatic imine (C=N–C) groups is 1. The summed E-state index contributed by atoms with van der Waals surface area (Å²) in [6.45, 7) is 21.8. The maximum absolute atomic E-state index is 4.91. The predicted octanol–water partition coefficient (Wildman–Crippen LogP) is 6.58.